The minimum atomic E-state index is -4.74. The molecule has 0 N–H and O–H groups in total. The normalized spacial score (nSPS) is 14.4. The Balaban J connectivity index is 0.00000210. The molecular formula is C36H16N2Na2O10S2. The molecule has 52 heavy (non-hydrogen) atoms. The summed E-state index contributed by atoms with van der Waals surface area (Å²) in [5.74, 6) is -2.57. The third-order valence-electron chi connectivity index (χ3n) is 9.40. The molecule has 4 amide bonds. The molecule has 0 bridgehead atoms. The van der Waals surface area contributed by atoms with E-state index in [-0.39, 0.29) is 92.7 Å². The molecule has 0 saturated heterocycles. The zero-order valence-electron chi connectivity index (χ0n) is 27.0. The minimum Gasteiger partial charge on any atom is -0.744 e. The van der Waals surface area contributed by atoms with Gasteiger partial charge >= 0.3 is 59.1 Å². The monoisotopic (exact) mass is 746 g/mol. The smallest absolute Gasteiger partial charge is 0.744 e. The van der Waals surface area contributed by atoms with Crippen LogP contribution in [0.4, 0.5) is 11.4 Å². The van der Waals surface area contributed by atoms with E-state index in [1.54, 1.807) is 48.5 Å². The molecule has 2 aliphatic heterocycles. The van der Waals surface area contributed by atoms with Gasteiger partial charge < -0.3 is 9.11 Å². The average Bonchev–Trinajstić information content (AvgIpc) is 3.08. The van der Waals surface area contributed by atoms with Gasteiger partial charge in [-0.15, -0.1) is 0 Å². The van der Waals surface area contributed by atoms with Gasteiger partial charge in [-0.05, 0) is 105 Å². The number of anilines is 2. The van der Waals surface area contributed by atoms with Crippen LogP contribution < -0.4 is 68.9 Å². The molecule has 0 fully saturated rings. The van der Waals surface area contributed by atoms with E-state index in [1.165, 1.54) is 24.3 Å². The zero-order chi connectivity index (χ0) is 35.0. The van der Waals surface area contributed by atoms with Gasteiger partial charge in [0.15, 0.2) is 0 Å². The van der Waals surface area contributed by atoms with Gasteiger partial charge in [0.25, 0.3) is 23.6 Å². The first-order chi connectivity index (χ1) is 23.8. The van der Waals surface area contributed by atoms with Crippen LogP contribution in [0.15, 0.2) is 107 Å². The Kier molecular flexibility index (Phi) is 8.55. The molecule has 0 radical (unpaired) electrons. The molecule has 0 aromatic heterocycles. The maximum Gasteiger partial charge on any atom is 1.00 e. The minimum absolute atomic E-state index is 0. The van der Waals surface area contributed by atoms with Crippen LogP contribution >= 0.6 is 0 Å². The first-order valence-electron chi connectivity index (χ1n) is 14.9. The van der Waals surface area contributed by atoms with E-state index >= 15 is 0 Å². The van der Waals surface area contributed by atoms with Crippen LogP contribution in [0, 0.1) is 0 Å². The van der Waals surface area contributed by atoms with E-state index in [1.807, 2.05) is 0 Å². The van der Waals surface area contributed by atoms with Crippen molar-refractivity contribution in [3.63, 3.8) is 0 Å². The second-order valence-electron chi connectivity index (χ2n) is 11.9. The largest absolute Gasteiger partial charge is 1.00 e. The van der Waals surface area contributed by atoms with Crippen LogP contribution in [0.25, 0.3) is 43.1 Å². The molecule has 0 aliphatic carbocycles. The Morgan fingerprint density at radius 2 is 0.615 bits per heavy atom. The quantitative estimate of drug-likeness (QED) is 0.0722. The molecule has 0 unspecified atom stereocenters. The fraction of sp³-hybridized carbons (Fsp3) is 0. The van der Waals surface area contributed by atoms with Crippen LogP contribution in [0.3, 0.4) is 0 Å². The van der Waals surface area contributed by atoms with E-state index in [9.17, 15) is 45.1 Å². The van der Waals surface area contributed by atoms with Crippen molar-refractivity contribution in [2.75, 3.05) is 9.80 Å². The van der Waals surface area contributed by atoms with Crippen LogP contribution in [-0.2, 0) is 20.2 Å². The van der Waals surface area contributed by atoms with Crippen molar-refractivity contribution in [2.45, 2.75) is 9.79 Å². The number of carbonyl (C=O) groups excluding carboxylic acids is 4. The van der Waals surface area contributed by atoms with Crippen molar-refractivity contribution < 1.29 is 104 Å². The van der Waals surface area contributed by atoms with Crippen LogP contribution in [0.1, 0.15) is 41.4 Å². The third kappa shape index (κ3) is 5.02. The predicted molar refractivity (Wildman–Crippen MR) is 179 cm³/mol. The fourth-order valence-corrected chi connectivity index (χ4v) is 8.20. The van der Waals surface area contributed by atoms with Crippen molar-refractivity contribution in [3.05, 3.63) is 119 Å². The Morgan fingerprint density at radius 3 is 0.846 bits per heavy atom. The van der Waals surface area contributed by atoms with Gasteiger partial charge in [0, 0.05) is 33.0 Å². The summed E-state index contributed by atoms with van der Waals surface area (Å²) in [6, 6.07) is 22.3. The van der Waals surface area contributed by atoms with Crippen molar-refractivity contribution in [2.24, 2.45) is 0 Å². The van der Waals surface area contributed by atoms with Gasteiger partial charge in [0.1, 0.15) is 20.2 Å². The average molecular weight is 747 g/mol. The summed E-state index contributed by atoms with van der Waals surface area (Å²) in [7, 11) is -9.48. The Morgan fingerprint density at radius 1 is 0.365 bits per heavy atom. The number of imide groups is 2. The predicted octanol–water partition coefficient (Wildman–Crippen LogP) is -0.845. The number of amides is 4. The van der Waals surface area contributed by atoms with Crippen LogP contribution in [-0.4, -0.2) is 49.6 Å². The second kappa shape index (κ2) is 12.2. The molecule has 0 spiro atoms. The molecular weight excluding hydrogens is 731 g/mol. The Bertz CT molecular complexity index is 2680. The summed E-state index contributed by atoms with van der Waals surface area (Å²) >= 11 is 0. The molecule has 244 valence electrons. The fourth-order valence-electron chi connectivity index (χ4n) is 7.26. The van der Waals surface area contributed by atoms with Gasteiger partial charge in [-0.2, -0.15) is 0 Å². The number of hydrogen-bond donors (Lipinski definition) is 0. The van der Waals surface area contributed by atoms with Gasteiger partial charge in [0.05, 0.1) is 21.2 Å². The molecule has 0 saturated carbocycles. The molecule has 9 rings (SSSR count). The number of fused-ring (bicyclic) bond motifs is 2. The van der Waals surface area contributed by atoms with E-state index < -0.39 is 53.7 Å². The topological polar surface area (TPSA) is 189 Å². The van der Waals surface area contributed by atoms with E-state index in [4.69, 9.17) is 0 Å². The Labute approximate surface area is 338 Å². The number of carbonyl (C=O) groups is 4. The molecule has 2 heterocycles. The van der Waals surface area contributed by atoms with E-state index in [0.29, 0.717) is 43.1 Å². The summed E-state index contributed by atoms with van der Waals surface area (Å²) in [5.41, 5.74) is 1.09. The number of rotatable bonds is 4. The molecule has 7 aromatic rings. The van der Waals surface area contributed by atoms with E-state index in [0.717, 1.165) is 34.1 Å². The summed E-state index contributed by atoms with van der Waals surface area (Å²) in [5, 5.41) is 4.80. The summed E-state index contributed by atoms with van der Waals surface area (Å²) in [6.07, 6.45) is 0. The van der Waals surface area contributed by atoms with Crippen molar-refractivity contribution >= 4 is 98.3 Å². The number of nitrogens with zero attached hydrogens (tertiary/aromatic N) is 2. The Hall–Kier alpha value is -4.06. The van der Waals surface area contributed by atoms with Gasteiger partial charge in [-0.1, -0.05) is 24.3 Å². The summed E-state index contributed by atoms with van der Waals surface area (Å²) < 4.78 is 68.6. The van der Waals surface area contributed by atoms with Crippen molar-refractivity contribution in [3.8, 4) is 0 Å². The van der Waals surface area contributed by atoms with Crippen molar-refractivity contribution in [1.29, 1.82) is 0 Å². The first-order valence-corrected chi connectivity index (χ1v) is 17.7. The number of benzene rings is 7. The standard InChI is InChI=1S/C36H18N2O10S2.2Na/c39-33-25-13-9-21-23-11-15-27-32-28(36(42)38(35(27)41)18-3-7-20(8-4-18)50(46,47)48)16-12-24(30(23)32)22-10-14-26(31(25)29(21)22)34(40)37(33)17-1-5-19(6-2-17)49(43,44)45;;/h1-16H,(H,43,44,45)(H,46,47,48);;/q;2*+1/p-2. The summed E-state index contributed by atoms with van der Waals surface area (Å²) in [4.78, 5) is 56.4. The van der Waals surface area contributed by atoms with Crippen LogP contribution in [0.5, 0.6) is 0 Å². The van der Waals surface area contributed by atoms with E-state index in [2.05, 4.69) is 0 Å². The van der Waals surface area contributed by atoms with Gasteiger partial charge in [-0.3, -0.25) is 19.2 Å². The molecule has 12 nitrogen and oxygen atoms in total. The molecule has 16 heteroatoms. The van der Waals surface area contributed by atoms with Gasteiger partial charge in [-0.25, -0.2) is 26.6 Å². The van der Waals surface area contributed by atoms with Crippen molar-refractivity contribution in [1.82, 2.24) is 0 Å². The first kappa shape index (κ1) is 36.3. The second-order valence-corrected chi connectivity index (χ2v) is 14.7. The molecule has 2 aliphatic rings. The molecule has 0 atom stereocenters. The molecule has 7 aromatic carbocycles. The third-order valence-corrected chi connectivity index (χ3v) is 11.1. The zero-order valence-corrected chi connectivity index (χ0v) is 32.7. The SMILES string of the molecule is O=C1c2ccc3c4ccc5c6c(ccc(c7ccc(c2c37)C(=O)N1c1ccc(S(=O)(=O)[O-])cc1)c64)C(=O)N(c1ccc(S(=O)(=O)[O-])cc1)C5=O.[Na+].[Na+]. The van der Waals surface area contributed by atoms with Gasteiger partial charge in [0.2, 0.25) is 0 Å². The maximum absolute atomic E-state index is 13.9. The van der Waals surface area contributed by atoms with Crippen LogP contribution in [0.2, 0.25) is 0 Å². The number of hydrogen-bond acceptors (Lipinski definition) is 10. The summed E-state index contributed by atoms with van der Waals surface area (Å²) in [6.45, 7) is 0. The maximum atomic E-state index is 13.9.